The summed E-state index contributed by atoms with van der Waals surface area (Å²) in [5.41, 5.74) is 19.6. The van der Waals surface area contributed by atoms with Gasteiger partial charge in [0.15, 0.2) is 29.5 Å². The minimum atomic E-state index is -3.20. The summed E-state index contributed by atoms with van der Waals surface area (Å²) in [5, 5.41) is 12.6. The van der Waals surface area contributed by atoms with E-state index in [4.69, 9.17) is 26.8 Å². The lowest BCUT2D eigenvalue weighted by Crippen LogP contribution is -2.37. The lowest BCUT2D eigenvalue weighted by Gasteiger charge is -2.23. The van der Waals surface area contributed by atoms with E-state index in [9.17, 15) is 49.2 Å². The van der Waals surface area contributed by atoms with E-state index in [1.165, 1.54) is 31.1 Å². The van der Waals surface area contributed by atoms with E-state index in [0.29, 0.717) is 79.3 Å². The molecule has 0 fully saturated rings. The van der Waals surface area contributed by atoms with Gasteiger partial charge >= 0.3 is 12.2 Å². The maximum atomic E-state index is 13.7. The van der Waals surface area contributed by atoms with Crippen molar-refractivity contribution in [3.63, 3.8) is 0 Å². The number of carbonyl (C=O) groups excluding carboxylic acids is 5. The predicted octanol–water partition coefficient (Wildman–Crippen LogP) is 13.0. The van der Waals surface area contributed by atoms with Crippen LogP contribution in [0.1, 0.15) is 106 Å². The van der Waals surface area contributed by atoms with E-state index < -0.39 is 64.7 Å². The van der Waals surface area contributed by atoms with Crippen LogP contribution in [0.5, 0.6) is 0 Å². The molecular weight excluding hydrogens is 1500 g/mol. The second kappa shape index (κ2) is 30.9. The number of ether oxygens (including phenoxy) is 2. The highest BCUT2D eigenvalue weighted by atomic mass is 35.5. The van der Waals surface area contributed by atoms with Gasteiger partial charge in [-0.05, 0) is 181 Å². The molecule has 12 heterocycles. The molecule has 3 aliphatic heterocycles. The molecular formula is C79H80ClN15O13S3. The summed E-state index contributed by atoms with van der Waals surface area (Å²) < 4.78 is 84.6. The summed E-state index contributed by atoms with van der Waals surface area (Å²) in [7, 11) is -3.50. The zero-order chi connectivity index (χ0) is 80.0. The maximum absolute atomic E-state index is 13.7. The number of amides is 5. The van der Waals surface area contributed by atoms with Gasteiger partial charge in [-0.25, -0.2) is 74.5 Å². The number of nitrogens with one attached hydrogen (secondary N) is 3. The van der Waals surface area contributed by atoms with Gasteiger partial charge in [0, 0.05) is 124 Å². The largest absolute Gasteiger partial charge is 0.443 e. The average molecular weight is 1580 g/mol. The molecule has 5 N–H and O–H groups in total. The Hall–Kier alpha value is -11.9. The van der Waals surface area contributed by atoms with Crippen LogP contribution in [0.2, 0.25) is 5.15 Å². The summed E-state index contributed by atoms with van der Waals surface area (Å²) in [6, 6.07) is 32.9. The lowest BCUT2D eigenvalue weighted by atomic mass is 9.94. The number of benzene rings is 3. The van der Waals surface area contributed by atoms with E-state index in [-0.39, 0.29) is 36.3 Å². The van der Waals surface area contributed by atoms with Crippen LogP contribution < -0.4 is 21.7 Å². The van der Waals surface area contributed by atoms with E-state index >= 15 is 0 Å². The summed E-state index contributed by atoms with van der Waals surface area (Å²) in [4.78, 5) is 92.8. The van der Waals surface area contributed by atoms with Crippen molar-refractivity contribution in [2.45, 2.75) is 89.6 Å². The van der Waals surface area contributed by atoms with E-state index in [1.807, 2.05) is 114 Å². The number of pyridine rings is 6. The molecule has 0 aliphatic carbocycles. The van der Waals surface area contributed by atoms with Crippen LogP contribution in [0.3, 0.4) is 0 Å². The SMILES string of the molecule is CS(=O)(=O)Cc1ccc(Cl)nc1.Cn1ccc2c(-c3ccc(N)c4c3CN(C(=O)OC(C)(C)C)C4=O)ccnc21.Cn1ccc2c(-c3ccc(Nc4ccc(CS(C)(=O)=O)cn4)c4c3CN(C(=O)OC(C)(C)C)C4=O)ccnc21.Cn1ccc2c(-c3ccc(Nc4ccc(CS(C)(=O)=O)cn4)c4c3CNC4=O)ccnc21. The zero-order valence-corrected chi connectivity index (χ0v) is 65.9. The Morgan fingerprint density at radius 1 is 0.468 bits per heavy atom. The first-order chi connectivity index (χ1) is 52.2. The van der Waals surface area contributed by atoms with Crippen LogP contribution >= 0.6 is 11.6 Å². The fourth-order valence-corrected chi connectivity index (χ4v) is 15.6. The Morgan fingerprint density at radius 2 is 0.838 bits per heavy atom. The molecule has 5 amide bonds. The number of nitrogens with zero attached hydrogens (tertiary/aromatic N) is 11. The first kappa shape index (κ1) is 78.6. The van der Waals surface area contributed by atoms with Crippen molar-refractivity contribution < 1.29 is 58.7 Å². The van der Waals surface area contributed by atoms with Crippen LogP contribution in [0, 0.1) is 0 Å². The van der Waals surface area contributed by atoms with Gasteiger partial charge in [-0.3, -0.25) is 14.4 Å². The number of carbonyl (C=O) groups is 5. The molecule has 0 radical (unpaired) electrons. The quantitative estimate of drug-likeness (QED) is 0.0615. The number of halogens is 1. The normalized spacial score (nSPS) is 13.3. The van der Waals surface area contributed by atoms with Gasteiger partial charge in [0.25, 0.3) is 17.7 Å². The van der Waals surface area contributed by atoms with Crippen molar-refractivity contribution in [1.29, 1.82) is 0 Å². The smallest absolute Gasteiger partial charge is 0.417 e. The monoisotopic (exact) mass is 1580 g/mol. The van der Waals surface area contributed by atoms with Gasteiger partial charge in [0.1, 0.15) is 44.9 Å². The number of aromatic nitrogens is 9. The summed E-state index contributed by atoms with van der Waals surface area (Å²) in [5.74, 6) is -0.252. The molecule has 15 rings (SSSR count). The summed E-state index contributed by atoms with van der Waals surface area (Å²) >= 11 is 5.52. The number of nitrogen functional groups attached to an aromatic ring is 1. The fraction of sp³-hybridized carbons (Fsp3) is 0.253. The number of hydrogen-bond donors (Lipinski definition) is 4. The molecule has 0 bridgehead atoms. The van der Waals surface area contributed by atoms with Crippen molar-refractivity contribution in [3.05, 3.63) is 220 Å². The first-order valence-electron chi connectivity index (χ1n) is 34.6. The molecule has 3 aliphatic rings. The van der Waals surface area contributed by atoms with Crippen molar-refractivity contribution in [2.75, 3.05) is 35.1 Å². The molecule has 0 saturated heterocycles. The first-order valence-corrected chi connectivity index (χ1v) is 41.2. The van der Waals surface area contributed by atoms with Crippen molar-refractivity contribution >= 4 is 133 Å². The van der Waals surface area contributed by atoms with E-state index in [1.54, 1.807) is 109 Å². The Labute approximate surface area is 645 Å². The van der Waals surface area contributed by atoms with Crippen molar-refractivity contribution in [2.24, 2.45) is 21.1 Å². The second-order valence-corrected chi connectivity index (χ2v) is 35.9. The number of sulfone groups is 3. The third kappa shape index (κ3) is 18.0. The standard InChI is InChI=1S/C28H29N5O5S.C23H21N5O3S.C21H22N4O3.C7H8ClNO2S/c1-28(2,3)38-27(35)33-15-21-18(19-10-12-29-25-20(19)11-13-32(25)4)7-8-22(24(21)26(33)34)31-23-9-6-17(14-30-23)16-39(5,36)37;1-28-10-8-17-16(7-9-24-22(17)28)15-4-5-19(21-18(15)12-26-23(21)29)27-20-6-3-14(11-25-20)13-32(2,30)31;1-21(2,3)28-20(27)25-11-15-12(5-6-16(22)17(15)19(25)26)13-7-9-23-18-14(13)8-10-24(18)4;1-12(10,11)5-6-2-3-7(8)9-4-6/h6-14H,15-16H2,1-5H3,(H,30,31);3-11H,12-13H2,1-2H3,(H,25,27)(H,26,29);5-10H,11,22H2,1-4H3;2-4H,5H2,1H3. The lowest BCUT2D eigenvalue weighted by molar-refractivity contribution is 0.0231. The number of fused-ring (bicyclic) bond motifs is 6. The molecule has 0 unspecified atom stereocenters. The van der Waals surface area contributed by atoms with E-state index in [2.05, 4.69) is 45.9 Å². The van der Waals surface area contributed by atoms with Gasteiger partial charge < -0.3 is 44.9 Å². The topological polar surface area (TPSA) is 367 Å². The Balaban J connectivity index is 0.000000145. The maximum Gasteiger partial charge on any atom is 0.417 e. The molecule has 32 heteroatoms. The van der Waals surface area contributed by atoms with Gasteiger partial charge in [-0.2, -0.15) is 0 Å². The molecule has 9 aromatic heterocycles. The molecule has 0 atom stereocenters. The highest BCUT2D eigenvalue weighted by Gasteiger charge is 2.41. The van der Waals surface area contributed by atoms with Crippen LogP contribution in [0.15, 0.2) is 165 Å². The molecule has 574 valence electrons. The zero-order valence-electron chi connectivity index (χ0n) is 62.7. The number of anilines is 5. The van der Waals surface area contributed by atoms with Crippen molar-refractivity contribution in [3.8, 4) is 33.4 Å². The van der Waals surface area contributed by atoms with Crippen LogP contribution in [0.4, 0.5) is 38.3 Å². The van der Waals surface area contributed by atoms with Crippen LogP contribution in [-0.4, -0.2) is 139 Å². The van der Waals surface area contributed by atoms with Crippen molar-refractivity contribution in [1.82, 2.24) is 58.7 Å². The summed E-state index contributed by atoms with van der Waals surface area (Å²) in [6.45, 7) is 11.2. The summed E-state index contributed by atoms with van der Waals surface area (Å²) in [6.07, 6.45) is 17.7. The highest BCUT2D eigenvalue weighted by molar-refractivity contribution is 7.90. The van der Waals surface area contributed by atoms with Crippen LogP contribution in [-0.2, 0) is 97.0 Å². The molecule has 12 aromatic rings. The molecule has 0 spiro atoms. The number of aryl methyl sites for hydroxylation is 3. The minimum Gasteiger partial charge on any atom is -0.443 e. The third-order valence-corrected chi connectivity index (χ3v) is 20.6. The van der Waals surface area contributed by atoms with Gasteiger partial charge in [0.05, 0.1) is 58.4 Å². The minimum absolute atomic E-state index is 0.0111. The third-order valence-electron chi connectivity index (χ3n) is 17.8. The Kier molecular flexibility index (Phi) is 21.9. The van der Waals surface area contributed by atoms with Crippen LogP contribution in [0.25, 0.3) is 66.5 Å². The van der Waals surface area contributed by atoms with Gasteiger partial charge in [0.2, 0.25) is 0 Å². The van der Waals surface area contributed by atoms with Gasteiger partial charge in [-0.15, -0.1) is 0 Å². The Bertz CT molecular complexity index is 6070. The number of rotatable bonds is 13. The Morgan fingerprint density at radius 3 is 1.22 bits per heavy atom. The molecule has 3 aromatic carbocycles. The molecule has 111 heavy (non-hydrogen) atoms. The number of nitrogens with two attached hydrogens (primary N) is 1. The molecule has 0 saturated carbocycles. The predicted molar refractivity (Wildman–Crippen MR) is 426 cm³/mol. The van der Waals surface area contributed by atoms with Gasteiger partial charge in [-0.1, -0.05) is 48.0 Å². The van der Waals surface area contributed by atoms with E-state index in [0.717, 1.165) is 93.7 Å². The second-order valence-electron chi connectivity index (χ2n) is 29.1. The number of imide groups is 2. The fourth-order valence-electron chi connectivity index (χ4n) is 13.2. The average Bonchev–Trinajstić information content (AvgIpc) is 1.67. The molecule has 28 nitrogen and oxygen atoms in total. The highest BCUT2D eigenvalue weighted by Crippen LogP contribution is 2.43. The number of hydrogen-bond acceptors (Lipinski definition) is 22.